The predicted octanol–water partition coefficient (Wildman–Crippen LogP) is 3.91. The van der Waals surface area contributed by atoms with Crippen LogP contribution in [0, 0.1) is 5.82 Å². The van der Waals surface area contributed by atoms with Crippen LogP contribution >= 0.6 is 0 Å². The first-order chi connectivity index (χ1) is 11.9. The maximum atomic E-state index is 13.8. The van der Waals surface area contributed by atoms with Crippen molar-refractivity contribution in [1.29, 1.82) is 0 Å². The fourth-order valence-electron chi connectivity index (χ4n) is 2.51. The number of hydrogen-bond donors (Lipinski definition) is 3. The number of urea groups is 1. The molecule has 2 aromatic carbocycles. The summed E-state index contributed by atoms with van der Waals surface area (Å²) in [6.07, 6.45) is 0. The zero-order valence-electron chi connectivity index (χ0n) is 14.5. The number of carbonyl (C=O) groups excluding carboxylic acids is 2. The minimum atomic E-state index is -0.459. The second kappa shape index (κ2) is 8.28. The summed E-state index contributed by atoms with van der Waals surface area (Å²) in [7, 11) is 0. The Labute approximate surface area is 146 Å². The van der Waals surface area contributed by atoms with Gasteiger partial charge in [-0.15, -0.1) is 0 Å². The SMILES string of the molecule is CC(=O)Nc1cccc([C@H](C)NC(=O)N[C@@H](C)c2ccccc2F)c1. The fraction of sp³-hybridized carbons (Fsp3) is 0.263. The topological polar surface area (TPSA) is 70.2 Å². The largest absolute Gasteiger partial charge is 0.332 e. The molecule has 132 valence electrons. The van der Waals surface area contributed by atoms with Crippen LogP contribution in [0.3, 0.4) is 0 Å². The Morgan fingerprint density at radius 1 is 0.960 bits per heavy atom. The number of carbonyl (C=O) groups is 2. The third-order valence-corrected chi connectivity index (χ3v) is 3.77. The molecule has 0 bridgehead atoms. The molecule has 0 saturated carbocycles. The van der Waals surface area contributed by atoms with Crippen LogP contribution in [-0.4, -0.2) is 11.9 Å². The first kappa shape index (κ1) is 18.4. The van der Waals surface area contributed by atoms with Gasteiger partial charge in [0, 0.05) is 18.2 Å². The van der Waals surface area contributed by atoms with Crippen LogP contribution in [0.15, 0.2) is 48.5 Å². The first-order valence-electron chi connectivity index (χ1n) is 8.06. The molecule has 2 aromatic rings. The normalized spacial score (nSPS) is 12.8. The number of halogens is 1. The number of nitrogens with one attached hydrogen (secondary N) is 3. The molecule has 0 spiro atoms. The summed E-state index contributed by atoms with van der Waals surface area (Å²) in [5.41, 5.74) is 1.94. The maximum absolute atomic E-state index is 13.8. The Bertz CT molecular complexity index is 764. The van der Waals surface area contributed by atoms with E-state index in [1.54, 1.807) is 43.3 Å². The summed E-state index contributed by atoms with van der Waals surface area (Å²) in [5, 5.41) is 8.24. The van der Waals surface area contributed by atoms with Crippen molar-refractivity contribution in [2.75, 3.05) is 5.32 Å². The lowest BCUT2D eigenvalue weighted by Gasteiger charge is -2.19. The lowest BCUT2D eigenvalue weighted by molar-refractivity contribution is -0.114. The number of hydrogen-bond acceptors (Lipinski definition) is 2. The Kier molecular flexibility index (Phi) is 6.11. The van der Waals surface area contributed by atoms with E-state index in [-0.39, 0.29) is 17.8 Å². The Morgan fingerprint density at radius 2 is 1.64 bits per heavy atom. The fourth-order valence-corrected chi connectivity index (χ4v) is 2.51. The van der Waals surface area contributed by atoms with E-state index in [1.807, 2.05) is 13.0 Å². The van der Waals surface area contributed by atoms with Gasteiger partial charge in [-0.1, -0.05) is 30.3 Å². The summed E-state index contributed by atoms with van der Waals surface area (Å²) < 4.78 is 13.8. The quantitative estimate of drug-likeness (QED) is 0.770. The van der Waals surface area contributed by atoms with Gasteiger partial charge in [0.25, 0.3) is 0 Å². The molecule has 0 aliphatic rings. The molecule has 2 atom stereocenters. The summed E-state index contributed by atoms with van der Waals surface area (Å²) >= 11 is 0. The van der Waals surface area contributed by atoms with Gasteiger partial charge < -0.3 is 16.0 Å². The van der Waals surface area contributed by atoms with Crippen molar-refractivity contribution in [3.63, 3.8) is 0 Å². The predicted molar refractivity (Wildman–Crippen MR) is 95.6 cm³/mol. The molecule has 0 fully saturated rings. The molecule has 0 aliphatic heterocycles. The Morgan fingerprint density at radius 3 is 2.32 bits per heavy atom. The van der Waals surface area contributed by atoms with Crippen LogP contribution in [-0.2, 0) is 4.79 Å². The molecular weight excluding hydrogens is 321 g/mol. The average molecular weight is 343 g/mol. The van der Waals surface area contributed by atoms with Crippen molar-refractivity contribution in [3.8, 4) is 0 Å². The van der Waals surface area contributed by atoms with Crippen LogP contribution < -0.4 is 16.0 Å². The van der Waals surface area contributed by atoms with Gasteiger partial charge in [-0.3, -0.25) is 4.79 Å². The van der Waals surface area contributed by atoms with E-state index in [4.69, 9.17) is 0 Å². The molecule has 0 aliphatic carbocycles. The summed E-state index contributed by atoms with van der Waals surface area (Å²) in [6.45, 7) is 4.99. The zero-order chi connectivity index (χ0) is 18.4. The van der Waals surface area contributed by atoms with Crippen LogP contribution in [0.2, 0.25) is 0 Å². The van der Waals surface area contributed by atoms with E-state index in [2.05, 4.69) is 16.0 Å². The van der Waals surface area contributed by atoms with Gasteiger partial charge in [0.2, 0.25) is 5.91 Å². The van der Waals surface area contributed by atoms with Crippen LogP contribution in [0.1, 0.15) is 44.0 Å². The number of anilines is 1. The van der Waals surface area contributed by atoms with E-state index in [1.165, 1.54) is 13.0 Å². The van der Waals surface area contributed by atoms with E-state index >= 15 is 0 Å². The van der Waals surface area contributed by atoms with Crippen molar-refractivity contribution in [2.24, 2.45) is 0 Å². The number of amides is 3. The molecule has 0 saturated heterocycles. The zero-order valence-corrected chi connectivity index (χ0v) is 14.5. The number of benzene rings is 2. The Hall–Kier alpha value is -2.89. The van der Waals surface area contributed by atoms with Crippen LogP contribution in [0.5, 0.6) is 0 Å². The van der Waals surface area contributed by atoms with Gasteiger partial charge >= 0.3 is 6.03 Å². The average Bonchev–Trinajstić information content (AvgIpc) is 2.54. The minimum absolute atomic E-state index is 0.158. The van der Waals surface area contributed by atoms with Gasteiger partial charge in [0.15, 0.2) is 0 Å². The second-order valence-corrected chi connectivity index (χ2v) is 5.89. The van der Waals surface area contributed by atoms with Crippen LogP contribution in [0.4, 0.5) is 14.9 Å². The van der Waals surface area contributed by atoms with Gasteiger partial charge in [-0.2, -0.15) is 0 Å². The van der Waals surface area contributed by atoms with E-state index in [0.29, 0.717) is 11.3 Å². The van der Waals surface area contributed by atoms with Gasteiger partial charge in [-0.25, -0.2) is 9.18 Å². The monoisotopic (exact) mass is 343 g/mol. The molecule has 3 N–H and O–H groups in total. The summed E-state index contributed by atoms with van der Waals surface area (Å²) in [4.78, 5) is 23.3. The van der Waals surface area contributed by atoms with E-state index in [0.717, 1.165) is 5.56 Å². The molecule has 6 heteroatoms. The van der Waals surface area contributed by atoms with E-state index < -0.39 is 12.1 Å². The van der Waals surface area contributed by atoms with Crippen molar-refractivity contribution in [1.82, 2.24) is 10.6 Å². The third kappa shape index (κ3) is 5.31. The van der Waals surface area contributed by atoms with Crippen molar-refractivity contribution in [3.05, 3.63) is 65.5 Å². The summed E-state index contributed by atoms with van der Waals surface area (Å²) in [5.74, 6) is -0.513. The third-order valence-electron chi connectivity index (χ3n) is 3.77. The highest BCUT2D eigenvalue weighted by Crippen LogP contribution is 2.19. The Balaban J connectivity index is 1.98. The molecule has 3 amide bonds. The smallest absolute Gasteiger partial charge is 0.315 e. The minimum Gasteiger partial charge on any atom is -0.332 e. The molecule has 0 unspecified atom stereocenters. The lowest BCUT2D eigenvalue weighted by Crippen LogP contribution is -2.38. The van der Waals surface area contributed by atoms with Gasteiger partial charge in [0.05, 0.1) is 12.1 Å². The lowest BCUT2D eigenvalue weighted by atomic mass is 10.1. The first-order valence-corrected chi connectivity index (χ1v) is 8.06. The van der Waals surface area contributed by atoms with Gasteiger partial charge in [0.1, 0.15) is 5.82 Å². The maximum Gasteiger partial charge on any atom is 0.315 e. The van der Waals surface area contributed by atoms with Crippen LogP contribution in [0.25, 0.3) is 0 Å². The summed E-state index contributed by atoms with van der Waals surface area (Å²) in [6, 6.07) is 12.4. The molecule has 0 heterocycles. The highest BCUT2D eigenvalue weighted by Gasteiger charge is 2.15. The standard InChI is InChI=1S/C19H22FN3O2/c1-12(15-7-6-8-16(11-15)23-14(3)24)21-19(25)22-13(2)17-9-4-5-10-18(17)20/h4-13H,1-3H3,(H,23,24)(H2,21,22,25)/t12-,13-/m0/s1. The number of rotatable bonds is 5. The molecule has 0 aromatic heterocycles. The second-order valence-electron chi connectivity index (χ2n) is 5.89. The highest BCUT2D eigenvalue weighted by atomic mass is 19.1. The molecule has 25 heavy (non-hydrogen) atoms. The van der Waals surface area contributed by atoms with E-state index in [9.17, 15) is 14.0 Å². The van der Waals surface area contributed by atoms with Crippen molar-refractivity contribution in [2.45, 2.75) is 32.9 Å². The van der Waals surface area contributed by atoms with Gasteiger partial charge in [-0.05, 0) is 37.6 Å². The molecule has 5 nitrogen and oxygen atoms in total. The molecular formula is C19H22FN3O2. The van der Waals surface area contributed by atoms with Crippen molar-refractivity contribution < 1.29 is 14.0 Å². The highest BCUT2D eigenvalue weighted by molar-refractivity contribution is 5.88. The molecule has 2 rings (SSSR count). The molecule has 0 radical (unpaired) electrons. The van der Waals surface area contributed by atoms with Crippen molar-refractivity contribution >= 4 is 17.6 Å².